The summed E-state index contributed by atoms with van der Waals surface area (Å²) in [7, 11) is 1.68. The molecule has 0 spiro atoms. The molecule has 4 aromatic rings. The number of ether oxygens (including phenoxy) is 1. The lowest BCUT2D eigenvalue weighted by atomic mass is 10.2. The van der Waals surface area contributed by atoms with E-state index in [1.165, 1.54) is 11.8 Å². The Morgan fingerprint density at radius 2 is 1.90 bits per heavy atom. The standard InChI is InChI=1S/C20H18ClN5O2S/c1-27-11-10-26-19(14-6-3-2-4-7-14)23-24-20(26)29-13-17-22-18(25-28-17)15-8-5-9-16(21)12-15/h2-9,12H,10-11,13H2,1H3. The van der Waals surface area contributed by atoms with Crippen molar-refractivity contribution in [3.8, 4) is 22.8 Å². The maximum absolute atomic E-state index is 6.04. The van der Waals surface area contributed by atoms with Crippen LogP contribution in [0.4, 0.5) is 0 Å². The number of hydrogen-bond donors (Lipinski definition) is 0. The molecule has 7 nitrogen and oxygen atoms in total. The zero-order valence-corrected chi connectivity index (χ0v) is 17.2. The molecular formula is C20H18ClN5O2S. The van der Waals surface area contributed by atoms with Crippen LogP contribution in [-0.2, 0) is 17.0 Å². The number of benzene rings is 2. The molecule has 9 heteroatoms. The molecule has 0 saturated heterocycles. The number of rotatable bonds is 8. The predicted octanol–water partition coefficient (Wildman–Crippen LogP) is 4.59. The van der Waals surface area contributed by atoms with Crippen molar-refractivity contribution in [1.82, 2.24) is 24.9 Å². The van der Waals surface area contributed by atoms with Crippen LogP contribution in [0.15, 0.2) is 64.3 Å². The van der Waals surface area contributed by atoms with Crippen molar-refractivity contribution in [2.75, 3.05) is 13.7 Å². The van der Waals surface area contributed by atoms with E-state index in [0.717, 1.165) is 22.1 Å². The van der Waals surface area contributed by atoms with E-state index in [2.05, 4.69) is 20.3 Å². The lowest BCUT2D eigenvalue weighted by Crippen LogP contribution is -2.07. The van der Waals surface area contributed by atoms with Gasteiger partial charge in [0, 0.05) is 23.3 Å². The Morgan fingerprint density at radius 1 is 1.07 bits per heavy atom. The van der Waals surface area contributed by atoms with E-state index in [1.54, 1.807) is 19.2 Å². The summed E-state index contributed by atoms with van der Waals surface area (Å²) in [5.74, 6) is 2.30. The fourth-order valence-corrected chi connectivity index (χ4v) is 3.76. The van der Waals surface area contributed by atoms with Crippen LogP contribution in [0.3, 0.4) is 0 Å². The van der Waals surface area contributed by atoms with Crippen molar-refractivity contribution in [1.29, 1.82) is 0 Å². The Labute approximate surface area is 177 Å². The second-order valence-electron chi connectivity index (χ2n) is 6.13. The Morgan fingerprint density at radius 3 is 2.69 bits per heavy atom. The Balaban J connectivity index is 1.52. The van der Waals surface area contributed by atoms with E-state index in [-0.39, 0.29) is 0 Å². The van der Waals surface area contributed by atoms with Gasteiger partial charge in [0.15, 0.2) is 11.0 Å². The van der Waals surface area contributed by atoms with Gasteiger partial charge >= 0.3 is 0 Å². The molecule has 2 aromatic heterocycles. The molecule has 0 aliphatic carbocycles. The van der Waals surface area contributed by atoms with Crippen LogP contribution < -0.4 is 0 Å². The summed E-state index contributed by atoms with van der Waals surface area (Å²) in [6.07, 6.45) is 0. The van der Waals surface area contributed by atoms with Gasteiger partial charge in [-0.2, -0.15) is 4.98 Å². The highest BCUT2D eigenvalue weighted by molar-refractivity contribution is 7.98. The molecule has 0 amide bonds. The monoisotopic (exact) mass is 427 g/mol. The third-order valence-corrected chi connectivity index (χ3v) is 5.33. The number of thioether (sulfide) groups is 1. The molecule has 148 valence electrons. The molecule has 0 aliphatic heterocycles. The van der Waals surface area contributed by atoms with Gasteiger partial charge in [-0.05, 0) is 12.1 Å². The van der Waals surface area contributed by atoms with Crippen LogP contribution in [0.2, 0.25) is 5.02 Å². The number of aromatic nitrogens is 5. The smallest absolute Gasteiger partial charge is 0.237 e. The van der Waals surface area contributed by atoms with Crippen molar-refractivity contribution in [3.05, 3.63) is 65.5 Å². The largest absolute Gasteiger partial charge is 0.383 e. The number of halogens is 1. The fourth-order valence-electron chi connectivity index (χ4n) is 2.76. The number of nitrogens with zero attached hydrogens (tertiary/aromatic N) is 5. The minimum Gasteiger partial charge on any atom is -0.383 e. The van der Waals surface area contributed by atoms with E-state index in [4.69, 9.17) is 20.9 Å². The molecule has 29 heavy (non-hydrogen) atoms. The topological polar surface area (TPSA) is 78.9 Å². The summed E-state index contributed by atoms with van der Waals surface area (Å²) in [5.41, 5.74) is 1.82. The van der Waals surface area contributed by atoms with Crippen molar-refractivity contribution in [3.63, 3.8) is 0 Å². The average molecular weight is 428 g/mol. The van der Waals surface area contributed by atoms with E-state index in [1.807, 2.05) is 47.0 Å². The first-order valence-electron chi connectivity index (χ1n) is 8.93. The van der Waals surface area contributed by atoms with Gasteiger partial charge < -0.3 is 9.26 Å². The number of methoxy groups -OCH3 is 1. The highest BCUT2D eigenvalue weighted by Gasteiger charge is 2.16. The van der Waals surface area contributed by atoms with Gasteiger partial charge in [-0.1, -0.05) is 71.0 Å². The van der Waals surface area contributed by atoms with Crippen LogP contribution in [0.1, 0.15) is 5.89 Å². The number of hydrogen-bond acceptors (Lipinski definition) is 7. The molecule has 0 unspecified atom stereocenters. The summed E-state index contributed by atoms with van der Waals surface area (Å²) in [6, 6.07) is 17.3. The average Bonchev–Trinajstić information content (AvgIpc) is 3.38. The predicted molar refractivity (Wildman–Crippen MR) is 112 cm³/mol. The van der Waals surface area contributed by atoms with Crippen molar-refractivity contribution < 1.29 is 9.26 Å². The fraction of sp³-hybridized carbons (Fsp3) is 0.200. The first-order chi connectivity index (χ1) is 14.2. The highest BCUT2D eigenvalue weighted by atomic mass is 35.5. The quantitative estimate of drug-likeness (QED) is 0.380. The van der Waals surface area contributed by atoms with Gasteiger partial charge in [-0.25, -0.2) is 0 Å². The molecule has 0 radical (unpaired) electrons. The Hall–Kier alpha value is -2.68. The van der Waals surface area contributed by atoms with E-state index >= 15 is 0 Å². The SMILES string of the molecule is COCCn1c(SCc2nc(-c3cccc(Cl)c3)no2)nnc1-c1ccccc1. The molecule has 4 rings (SSSR count). The first-order valence-corrected chi connectivity index (χ1v) is 10.3. The third kappa shape index (κ3) is 4.67. The molecule has 0 saturated carbocycles. The zero-order chi connectivity index (χ0) is 20.1. The molecular weight excluding hydrogens is 410 g/mol. The molecule has 2 heterocycles. The summed E-state index contributed by atoms with van der Waals surface area (Å²) in [6.45, 7) is 1.21. The third-order valence-electron chi connectivity index (χ3n) is 4.14. The van der Waals surface area contributed by atoms with Gasteiger partial charge in [0.2, 0.25) is 11.7 Å². The lowest BCUT2D eigenvalue weighted by molar-refractivity contribution is 0.185. The summed E-state index contributed by atoms with van der Waals surface area (Å²) in [5, 5.41) is 14.2. The van der Waals surface area contributed by atoms with Gasteiger partial charge in [-0.15, -0.1) is 10.2 Å². The zero-order valence-electron chi connectivity index (χ0n) is 15.7. The Bertz CT molecular complexity index is 1080. The van der Waals surface area contributed by atoms with Gasteiger partial charge in [-0.3, -0.25) is 4.57 Å². The van der Waals surface area contributed by atoms with Crippen LogP contribution in [0.5, 0.6) is 0 Å². The molecule has 0 fully saturated rings. The van der Waals surface area contributed by atoms with Gasteiger partial charge in [0.05, 0.1) is 18.9 Å². The first kappa shape index (κ1) is 19.6. The van der Waals surface area contributed by atoms with Gasteiger partial charge in [0.1, 0.15) is 0 Å². The minimum atomic E-state index is 0.480. The summed E-state index contributed by atoms with van der Waals surface area (Å²) >= 11 is 7.53. The van der Waals surface area contributed by atoms with Crippen molar-refractivity contribution >= 4 is 23.4 Å². The van der Waals surface area contributed by atoms with E-state index < -0.39 is 0 Å². The van der Waals surface area contributed by atoms with E-state index in [0.29, 0.717) is 35.6 Å². The van der Waals surface area contributed by atoms with Crippen LogP contribution in [0, 0.1) is 0 Å². The minimum absolute atomic E-state index is 0.480. The van der Waals surface area contributed by atoms with Crippen LogP contribution in [0.25, 0.3) is 22.8 Å². The normalized spacial score (nSPS) is 11.1. The Kier molecular flexibility index (Phi) is 6.24. The summed E-state index contributed by atoms with van der Waals surface area (Å²) in [4.78, 5) is 4.45. The molecule has 2 aromatic carbocycles. The second kappa shape index (κ2) is 9.21. The highest BCUT2D eigenvalue weighted by Crippen LogP contribution is 2.27. The molecule has 0 atom stereocenters. The van der Waals surface area contributed by atoms with E-state index in [9.17, 15) is 0 Å². The van der Waals surface area contributed by atoms with Crippen LogP contribution in [-0.4, -0.2) is 38.6 Å². The van der Waals surface area contributed by atoms with Crippen molar-refractivity contribution in [2.45, 2.75) is 17.5 Å². The van der Waals surface area contributed by atoms with Crippen molar-refractivity contribution in [2.24, 2.45) is 0 Å². The summed E-state index contributed by atoms with van der Waals surface area (Å²) < 4.78 is 12.7. The maximum Gasteiger partial charge on any atom is 0.237 e. The lowest BCUT2D eigenvalue weighted by Gasteiger charge is -2.09. The van der Waals surface area contributed by atoms with Crippen LogP contribution >= 0.6 is 23.4 Å². The van der Waals surface area contributed by atoms with Gasteiger partial charge in [0.25, 0.3) is 0 Å². The second-order valence-corrected chi connectivity index (χ2v) is 7.51. The maximum atomic E-state index is 6.04. The molecule has 0 bridgehead atoms. The molecule has 0 N–H and O–H groups in total. The molecule has 0 aliphatic rings.